The van der Waals surface area contributed by atoms with E-state index in [2.05, 4.69) is 51.3 Å². The highest BCUT2D eigenvalue weighted by atomic mass is 16.2. The van der Waals surface area contributed by atoms with Crippen molar-refractivity contribution < 1.29 is 9.59 Å². The summed E-state index contributed by atoms with van der Waals surface area (Å²) in [4.78, 5) is 31.7. The highest BCUT2D eigenvalue weighted by molar-refractivity contribution is 5.81. The van der Waals surface area contributed by atoms with Crippen LogP contribution in [-0.2, 0) is 9.59 Å². The van der Waals surface area contributed by atoms with E-state index in [4.69, 9.17) is 0 Å². The predicted octanol–water partition coefficient (Wildman–Crippen LogP) is 3.80. The second-order valence-corrected chi connectivity index (χ2v) is 7.91. The zero-order chi connectivity index (χ0) is 22.6. The second kappa shape index (κ2) is 16.6. The molecular weight excluding hydrogens is 364 g/mol. The van der Waals surface area contributed by atoms with Crippen molar-refractivity contribution in [2.75, 3.05) is 41.3 Å². The summed E-state index contributed by atoms with van der Waals surface area (Å²) in [5.74, 6) is 0.424. The van der Waals surface area contributed by atoms with Gasteiger partial charge >= 0.3 is 0 Å². The van der Waals surface area contributed by atoms with Crippen LogP contribution in [0.5, 0.6) is 0 Å². The lowest BCUT2D eigenvalue weighted by Crippen LogP contribution is -2.46. The van der Waals surface area contributed by atoms with Crippen molar-refractivity contribution in [2.24, 2.45) is 0 Å². The van der Waals surface area contributed by atoms with Crippen LogP contribution in [0.15, 0.2) is 0 Å². The van der Waals surface area contributed by atoms with Gasteiger partial charge in [-0.1, -0.05) is 35.1 Å². The van der Waals surface area contributed by atoms with Gasteiger partial charge in [0.2, 0.25) is 11.8 Å². The van der Waals surface area contributed by atoms with Crippen LogP contribution >= 0.6 is 0 Å². The molecule has 2 unspecified atom stereocenters. The molecular formula is C23H52N4O2. The third-order valence-electron chi connectivity index (χ3n) is 6.23. The molecule has 0 aliphatic heterocycles. The van der Waals surface area contributed by atoms with Crippen molar-refractivity contribution in [3.05, 3.63) is 0 Å². The van der Waals surface area contributed by atoms with Crippen LogP contribution in [0.25, 0.3) is 0 Å². The van der Waals surface area contributed by atoms with E-state index >= 15 is 0 Å². The Hall–Kier alpha value is -1.14. The van der Waals surface area contributed by atoms with E-state index in [-0.39, 0.29) is 31.3 Å². The highest BCUT2D eigenvalue weighted by Gasteiger charge is 2.23. The maximum Gasteiger partial charge on any atom is 0.239 e. The number of rotatable bonds is 10. The summed E-state index contributed by atoms with van der Waals surface area (Å²) in [5.41, 5.74) is 0. The fraction of sp³-hybridized carbons (Fsp3) is 0.913. The van der Waals surface area contributed by atoms with Gasteiger partial charge in [0.25, 0.3) is 0 Å². The van der Waals surface area contributed by atoms with Crippen LogP contribution < -0.4 is 0 Å². The van der Waals surface area contributed by atoms with Gasteiger partial charge < -0.3 is 9.80 Å². The van der Waals surface area contributed by atoms with Gasteiger partial charge in [0.15, 0.2) is 0 Å². The number of hydrogen-bond donors (Lipinski definition) is 0. The summed E-state index contributed by atoms with van der Waals surface area (Å²) in [6.07, 6.45) is 2.01. The lowest BCUT2D eigenvalue weighted by Gasteiger charge is -2.30. The Balaban J connectivity index is -0.000000451. The molecule has 4 atom stereocenters. The molecule has 2 amide bonds. The van der Waals surface area contributed by atoms with Gasteiger partial charge in [-0.25, -0.2) is 0 Å². The maximum absolute atomic E-state index is 11.9. The van der Waals surface area contributed by atoms with E-state index in [1.165, 1.54) is 0 Å². The van der Waals surface area contributed by atoms with Crippen molar-refractivity contribution in [2.45, 2.75) is 99.8 Å². The first-order chi connectivity index (χ1) is 12.9. The summed E-state index contributed by atoms with van der Waals surface area (Å²) >= 11 is 0. The van der Waals surface area contributed by atoms with Gasteiger partial charge in [0.1, 0.15) is 0 Å². The number of carbonyl (C=O) groups excluding carboxylic acids is 2. The van der Waals surface area contributed by atoms with Gasteiger partial charge in [-0.15, -0.1) is 0 Å². The van der Waals surface area contributed by atoms with Gasteiger partial charge in [-0.3, -0.25) is 19.4 Å². The second-order valence-electron chi connectivity index (χ2n) is 7.91. The first-order valence-electron chi connectivity index (χ1n) is 10.8. The molecule has 0 heterocycles. The minimum absolute atomic E-state index is 0. The third-order valence-corrected chi connectivity index (χ3v) is 6.23. The van der Waals surface area contributed by atoms with Crippen LogP contribution in [0.1, 0.15) is 75.7 Å². The molecule has 0 aromatic heterocycles. The molecule has 0 N–H and O–H groups in total. The van der Waals surface area contributed by atoms with Crippen molar-refractivity contribution in [3.8, 4) is 0 Å². The Kier molecular flexibility index (Phi) is 18.7. The van der Waals surface area contributed by atoms with Crippen molar-refractivity contribution in [3.63, 3.8) is 0 Å². The van der Waals surface area contributed by atoms with Crippen LogP contribution in [0.4, 0.5) is 0 Å². The summed E-state index contributed by atoms with van der Waals surface area (Å²) in [7, 11) is 7.73. The molecule has 0 fully saturated rings. The molecule has 176 valence electrons. The number of carbonyl (C=O) groups is 2. The fourth-order valence-electron chi connectivity index (χ4n) is 2.50. The van der Waals surface area contributed by atoms with Crippen LogP contribution in [0.2, 0.25) is 0 Å². The van der Waals surface area contributed by atoms with Gasteiger partial charge in [0, 0.05) is 26.2 Å². The first kappa shape index (κ1) is 32.5. The molecule has 0 aromatic carbocycles. The SMILES string of the molecule is C.CCC(C)N(C)C(=O)C(C)N(C)CC.CC[C@@H](C)N(C)C(=O)[C@H](C)N(C)CC. The maximum atomic E-state index is 11.9. The Morgan fingerprint density at radius 1 is 0.621 bits per heavy atom. The Morgan fingerprint density at radius 2 is 0.862 bits per heavy atom. The minimum Gasteiger partial charge on any atom is -0.342 e. The van der Waals surface area contributed by atoms with Crippen LogP contribution in [-0.4, -0.2) is 96.9 Å². The van der Waals surface area contributed by atoms with E-state index in [0.717, 1.165) is 25.9 Å². The van der Waals surface area contributed by atoms with Crippen molar-refractivity contribution in [1.29, 1.82) is 0 Å². The number of amides is 2. The molecule has 0 spiro atoms. The number of likely N-dealkylation sites (N-methyl/N-ethyl adjacent to an activating group) is 4. The Morgan fingerprint density at radius 3 is 1.03 bits per heavy atom. The van der Waals surface area contributed by atoms with E-state index in [1.54, 1.807) is 0 Å². The fourth-order valence-corrected chi connectivity index (χ4v) is 2.50. The summed E-state index contributed by atoms with van der Waals surface area (Å²) < 4.78 is 0. The molecule has 0 rings (SSSR count). The third kappa shape index (κ3) is 11.0. The van der Waals surface area contributed by atoms with E-state index < -0.39 is 0 Å². The van der Waals surface area contributed by atoms with Gasteiger partial charge in [-0.2, -0.15) is 0 Å². The zero-order valence-corrected chi connectivity index (χ0v) is 20.7. The minimum atomic E-state index is -0.0148. The number of nitrogens with zero attached hydrogens (tertiary/aromatic N) is 4. The largest absolute Gasteiger partial charge is 0.342 e. The average Bonchev–Trinajstić information content (AvgIpc) is 2.73. The molecule has 0 bridgehead atoms. The molecule has 6 heteroatoms. The predicted molar refractivity (Wildman–Crippen MR) is 127 cm³/mol. The molecule has 0 radical (unpaired) electrons. The monoisotopic (exact) mass is 416 g/mol. The van der Waals surface area contributed by atoms with E-state index in [1.807, 2.05) is 51.8 Å². The van der Waals surface area contributed by atoms with Crippen LogP contribution in [0, 0.1) is 0 Å². The van der Waals surface area contributed by atoms with Gasteiger partial charge in [0.05, 0.1) is 12.1 Å². The molecule has 0 aliphatic rings. The summed E-state index contributed by atoms with van der Waals surface area (Å²) in [5, 5.41) is 0. The quantitative estimate of drug-likeness (QED) is 0.543. The zero-order valence-electron chi connectivity index (χ0n) is 20.7. The van der Waals surface area contributed by atoms with Crippen LogP contribution in [0.3, 0.4) is 0 Å². The average molecular weight is 417 g/mol. The highest BCUT2D eigenvalue weighted by Crippen LogP contribution is 2.07. The van der Waals surface area contributed by atoms with E-state index in [0.29, 0.717) is 12.1 Å². The topological polar surface area (TPSA) is 47.1 Å². The van der Waals surface area contributed by atoms with Crippen molar-refractivity contribution >= 4 is 11.8 Å². The molecule has 6 nitrogen and oxygen atoms in total. The summed E-state index contributed by atoms with van der Waals surface area (Å²) in [6.45, 7) is 18.2. The smallest absolute Gasteiger partial charge is 0.239 e. The lowest BCUT2D eigenvalue weighted by molar-refractivity contribution is -0.137. The molecule has 0 saturated carbocycles. The standard InChI is InChI=1S/2C11H24N2O.CH4/c2*1-7-9(3)13(6)11(14)10(4)12(5)8-2;/h2*9-10H,7-8H2,1-6H3;1H4/t9-,10+;;/m1../s1. The first-order valence-corrected chi connectivity index (χ1v) is 10.8. The molecule has 0 aromatic rings. The Labute approximate surface area is 182 Å². The lowest BCUT2D eigenvalue weighted by atomic mass is 10.2. The molecule has 0 aliphatic carbocycles. The van der Waals surface area contributed by atoms with E-state index in [9.17, 15) is 9.59 Å². The number of hydrogen-bond acceptors (Lipinski definition) is 4. The normalized spacial score (nSPS) is 14.8. The Bertz CT molecular complexity index is 369. The van der Waals surface area contributed by atoms with Crippen molar-refractivity contribution in [1.82, 2.24) is 19.6 Å². The van der Waals surface area contributed by atoms with Gasteiger partial charge in [-0.05, 0) is 67.7 Å². The molecule has 0 saturated heterocycles. The summed E-state index contributed by atoms with van der Waals surface area (Å²) in [6, 6.07) is 0.628. The molecule has 29 heavy (non-hydrogen) atoms.